The van der Waals surface area contributed by atoms with Gasteiger partial charge in [0.2, 0.25) is 0 Å². The van der Waals surface area contributed by atoms with Crippen molar-refractivity contribution in [3.63, 3.8) is 0 Å². The first kappa shape index (κ1) is 31.3. The van der Waals surface area contributed by atoms with E-state index < -0.39 is 79.9 Å². The van der Waals surface area contributed by atoms with Crippen LogP contribution in [-0.4, -0.2) is 123 Å². The Morgan fingerprint density at radius 2 is 1.16 bits per heavy atom. The zero-order valence-corrected chi connectivity index (χ0v) is 24.2. The molecule has 2 saturated heterocycles. The van der Waals surface area contributed by atoms with Gasteiger partial charge in [0.1, 0.15) is 65.9 Å². The fraction of sp³-hybridized carbons (Fsp3) is 0.467. The molecular formula is C30H35FN6O8. The quantitative estimate of drug-likeness (QED) is 0.151. The molecule has 0 spiro atoms. The van der Waals surface area contributed by atoms with E-state index in [-0.39, 0.29) is 6.42 Å². The molecular weight excluding hydrogens is 590 g/mol. The monoisotopic (exact) mass is 625 g/mol. The summed E-state index contributed by atoms with van der Waals surface area (Å²) in [6, 6.07) is 11.1. The maximum Gasteiger partial charge on any atom is 0.123 e. The lowest BCUT2D eigenvalue weighted by atomic mass is 9.85. The minimum atomic E-state index is -1.43. The number of aromatic nitrogens is 6. The van der Waals surface area contributed by atoms with E-state index in [1.165, 1.54) is 33.8 Å². The van der Waals surface area contributed by atoms with E-state index in [1.807, 2.05) is 31.2 Å². The fourth-order valence-corrected chi connectivity index (χ4v) is 6.16. The van der Waals surface area contributed by atoms with E-state index in [4.69, 9.17) is 9.47 Å². The normalized spacial score (nSPS) is 32.1. The van der Waals surface area contributed by atoms with Crippen LogP contribution in [0.1, 0.15) is 24.1 Å². The highest BCUT2D eigenvalue weighted by Crippen LogP contribution is 2.37. The van der Waals surface area contributed by atoms with E-state index in [0.29, 0.717) is 17.0 Å². The first-order valence-corrected chi connectivity index (χ1v) is 14.6. The second-order valence-corrected chi connectivity index (χ2v) is 11.5. The molecule has 0 unspecified atom stereocenters. The number of aliphatic hydroxyl groups is 6. The summed E-state index contributed by atoms with van der Waals surface area (Å²) < 4.78 is 28.1. The minimum absolute atomic E-state index is 0.160. The van der Waals surface area contributed by atoms with Gasteiger partial charge in [-0.3, -0.25) is 0 Å². The van der Waals surface area contributed by atoms with Gasteiger partial charge in [-0.15, -0.1) is 10.2 Å². The lowest BCUT2D eigenvalue weighted by Gasteiger charge is -2.46. The Morgan fingerprint density at radius 1 is 0.689 bits per heavy atom. The van der Waals surface area contributed by atoms with Crippen molar-refractivity contribution in [1.82, 2.24) is 30.0 Å². The van der Waals surface area contributed by atoms with Crippen molar-refractivity contribution in [2.45, 2.75) is 74.3 Å². The van der Waals surface area contributed by atoms with E-state index in [1.54, 1.807) is 12.3 Å². The van der Waals surface area contributed by atoms with Crippen LogP contribution in [0.5, 0.6) is 0 Å². The topological polar surface area (TPSA) is 201 Å². The number of hydrogen-bond acceptors (Lipinski definition) is 12. The van der Waals surface area contributed by atoms with Gasteiger partial charge in [0.05, 0.1) is 37.8 Å². The Morgan fingerprint density at radius 3 is 1.62 bits per heavy atom. The van der Waals surface area contributed by atoms with Gasteiger partial charge in [-0.25, -0.2) is 13.8 Å². The molecule has 0 saturated carbocycles. The van der Waals surface area contributed by atoms with Gasteiger partial charge < -0.3 is 40.1 Å². The summed E-state index contributed by atoms with van der Waals surface area (Å²) in [5, 5.41) is 81.5. The molecule has 4 aromatic rings. The summed E-state index contributed by atoms with van der Waals surface area (Å²) in [5.74, 6) is -0.471. The van der Waals surface area contributed by atoms with Gasteiger partial charge in [-0.1, -0.05) is 46.3 Å². The number of halogens is 1. The van der Waals surface area contributed by atoms with Gasteiger partial charge in [-0.2, -0.15) is 0 Å². The Labute approximate surface area is 256 Å². The minimum Gasteiger partial charge on any atom is -0.394 e. The SMILES string of the molecule is Cc1cccc(-c2cn([C@H]3[C@@H](O)[C@@H](C[C@@H]4O[C@H](CO)[C@H](O)[C@H](n5cc(-c6cccc([18F])c6)nn5)[C@@H]4O)O[C@@H](CO)[C@H]3O)nn2)c1. The second kappa shape index (κ2) is 13.0. The standard InChI is InChI=1S/C30H35FN6O8/c1-15-4-2-5-16(8-15)19-11-36(34-32-19)25-27(40)21(44-23(13-38)29(25)42)10-22-28(41)26(30(43)24(14-39)45-22)37-12-20(33-35-37)17-6-3-7-18(31)9-17/h2-9,11-12,21-30,38-43H,10,13-14H2,1H3/t21-,22+,23+,24-,25+,26-,27+,28-,29-,30+/m1/s1/i31-1. The highest BCUT2D eigenvalue weighted by atomic mass is 18.2. The first-order valence-electron chi connectivity index (χ1n) is 14.6. The van der Waals surface area contributed by atoms with Gasteiger partial charge in [-0.05, 0) is 25.1 Å². The summed E-state index contributed by atoms with van der Waals surface area (Å²) in [6.45, 7) is 0.772. The van der Waals surface area contributed by atoms with E-state index in [9.17, 15) is 35.0 Å². The molecule has 2 fully saturated rings. The molecule has 2 aliphatic heterocycles. The Kier molecular flexibility index (Phi) is 9.03. The number of nitrogens with zero attached hydrogens (tertiary/aromatic N) is 6. The number of hydrogen-bond donors (Lipinski definition) is 6. The van der Waals surface area contributed by atoms with Crippen LogP contribution in [0.3, 0.4) is 0 Å². The van der Waals surface area contributed by atoms with Crippen molar-refractivity contribution >= 4 is 0 Å². The molecule has 6 rings (SSSR count). The van der Waals surface area contributed by atoms with Crippen LogP contribution in [0.25, 0.3) is 22.5 Å². The molecule has 2 aromatic heterocycles. The molecule has 6 N–H and O–H groups in total. The average Bonchev–Trinajstić information content (AvgIpc) is 3.71. The summed E-state index contributed by atoms with van der Waals surface area (Å²) in [4.78, 5) is 0. The number of ether oxygens (including phenoxy) is 2. The summed E-state index contributed by atoms with van der Waals surface area (Å²) >= 11 is 0. The third kappa shape index (κ3) is 6.13. The number of aliphatic hydroxyl groups excluding tert-OH is 6. The number of rotatable bonds is 8. The highest BCUT2D eigenvalue weighted by molar-refractivity contribution is 5.59. The Balaban J connectivity index is 1.25. The van der Waals surface area contributed by atoms with Gasteiger partial charge >= 0.3 is 0 Å². The Bertz CT molecular complexity index is 1490. The largest absolute Gasteiger partial charge is 0.394 e. The summed E-state index contributed by atoms with van der Waals surface area (Å²) in [6.07, 6.45) is -7.18. The molecule has 0 radical (unpaired) electrons. The predicted molar refractivity (Wildman–Crippen MR) is 154 cm³/mol. The van der Waals surface area contributed by atoms with Crippen molar-refractivity contribution in [3.8, 4) is 22.5 Å². The lowest BCUT2D eigenvalue weighted by molar-refractivity contribution is -0.242. The van der Waals surface area contributed by atoms with Crippen molar-refractivity contribution in [2.75, 3.05) is 13.2 Å². The van der Waals surface area contributed by atoms with Gasteiger partial charge in [0.15, 0.2) is 0 Å². The molecule has 2 aliphatic rings. The molecule has 0 bridgehead atoms. The summed E-state index contributed by atoms with van der Waals surface area (Å²) in [7, 11) is 0. The fourth-order valence-electron chi connectivity index (χ4n) is 6.16. The van der Waals surface area contributed by atoms with Crippen LogP contribution in [0, 0.1) is 12.7 Å². The van der Waals surface area contributed by atoms with Crippen LogP contribution in [0.4, 0.5) is 4.39 Å². The van der Waals surface area contributed by atoms with E-state index >= 15 is 0 Å². The van der Waals surface area contributed by atoms with E-state index in [0.717, 1.165) is 11.1 Å². The molecule has 0 amide bonds. The average molecular weight is 626 g/mol. The Hall–Kier alpha value is -3.67. The van der Waals surface area contributed by atoms with Crippen molar-refractivity contribution in [3.05, 3.63) is 72.3 Å². The van der Waals surface area contributed by atoms with Crippen LogP contribution >= 0.6 is 0 Å². The molecule has 10 atom stereocenters. The third-order valence-corrected chi connectivity index (χ3v) is 8.51. The van der Waals surface area contributed by atoms with Crippen LogP contribution in [0.2, 0.25) is 0 Å². The molecule has 240 valence electrons. The number of aryl methyl sites for hydroxylation is 1. The van der Waals surface area contributed by atoms with Gasteiger partial charge in [0, 0.05) is 17.5 Å². The maximum absolute atomic E-state index is 13.8. The van der Waals surface area contributed by atoms with E-state index in [2.05, 4.69) is 20.6 Å². The van der Waals surface area contributed by atoms with Gasteiger partial charge in [0.25, 0.3) is 0 Å². The molecule has 4 heterocycles. The van der Waals surface area contributed by atoms with Crippen LogP contribution in [-0.2, 0) is 9.47 Å². The molecule has 15 heteroatoms. The molecule has 0 aliphatic carbocycles. The summed E-state index contributed by atoms with van der Waals surface area (Å²) in [5.41, 5.74) is 3.05. The zero-order valence-electron chi connectivity index (χ0n) is 24.2. The molecule has 2 aromatic carbocycles. The zero-order chi connectivity index (χ0) is 31.8. The number of benzene rings is 2. The molecule has 45 heavy (non-hydrogen) atoms. The van der Waals surface area contributed by atoms with Crippen molar-refractivity contribution in [2.24, 2.45) is 0 Å². The second-order valence-electron chi connectivity index (χ2n) is 11.5. The third-order valence-electron chi connectivity index (χ3n) is 8.51. The molecule has 14 nitrogen and oxygen atoms in total. The predicted octanol–water partition coefficient (Wildman–Crippen LogP) is -0.213. The van der Waals surface area contributed by atoms with Crippen LogP contribution in [0.15, 0.2) is 60.9 Å². The smallest absolute Gasteiger partial charge is 0.123 e. The highest BCUT2D eigenvalue weighted by Gasteiger charge is 2.51. The van der Waals surface area contributed by atoms with Crippen molar-refractivity contribution in [1.29, 1.82) is 0 Å². The van der Waals surface area contributed by atoms with Crippen LogP contribution < -0.4 is 0 Å². The first-order chi connectivity index (χ1) is 21.7. The van der Waals surface area contributed by atoms with Crippen molar-refractivity contribution < 1.29 is 44.5 Å². The maximum atomic E-state index is 13.8. The lowest BCUT2D eigenvalue weighted by Crippen LogP contribution is -2.60.